The number of phenols is 1. The molecule has 16 heavy (non-hydrogen) atoms. The Bertz CT molecular complexity index is 530. The van der Waals surface area contributed by atoms with Gasteiger partial charge in [-0.2, -0.15) is 0 Å². The van der Waals surface area contributed by atoms with Crippen molar-refractivity contribution in [2.75, 3.05) is 7.05 Å². The van der Waals surface area contributed by atoms with Crippen molar-refractivity contribution in [2.24, 2.45) is 0 Å². The molecule has 0 aliphatic heterocycles. The Morgan fingerprint density at radius 3 is 2.81 bits per heavy atom. The highest BCUT2D eigenvalue weighted by molar-refractivity contribution is 6.34. The zero-order chi connectivity index (χ0) is 11.7. The van der Waals surface area contributed by atoms with E-state index in [1.54, 1.807) is 18.2 Å². The molecule has 0 aliphatic rings. The largest absolute Gasteiger partial charge is 0.508 e. The topological polar surface area (TPSA) is 58.0 Å². The summed E-state index contributed by atoms with van der Waals surface area (Å²) < 4.78 is 0. The first-order valence-corrected chi connectivity index (χ1v) is 5.33. The zero-order valence-corrected chi connectivity index (χ0v) is 9.78. The Kier molecular flexibility index (Phi) is 2.94. The van der Waals surface area contributed by atoms with Crippen molar-refractivity contribution in [1.82, 2.24) is 15.3 Å². The SMILES string of the molecule is CNC(C)c1nc(Cl)c2ccc(O)cc2n1. The van der Waals surface area contributed by atoms with Crippen molar-refractivity contribution in [3.05, 3.63) is 29.2 Å². The Labute approximate surface area is 98.3 Å². The molecule has 0 fully saturated rings. The summed E-state index contributed by atoms with van der Waals surface area (Å²) >= 11 is 6.06. The predicted octanol–water partition coefficient (Wildman–Crippen LogP) is 2.27. The van der Waals surface area contributed by atoms with Crippen LogP contribution in [0.25, 0.3) is 10.9 Å². The number of nitrogens with zero attached hydrogens (tertiary/aromatic N) is 2. The quantitative estimate of drug-likeness (QED) is 0.787. The summed E-state index contributed by atoms with van der Waals surface area (Å²) in [6.45, 7) is 1.94. The smallest absolute Gasteiger partial charge is 0.147 e. The van der Waals surface area contributed by atoms with Gasteiger partial charge < -0.3 is 10.4 Å². The van der Waals surface area contributed by atoms with Gasteiger partial charge in [0.05, 0.1) is 11.6 Å². The fraction of sp³-hybridized carbons (Fsp3) is 0.273. The minimum atomic E-state index is 0.0178. The lowest BCUT2D eigenvalue weighted by Gasteiger charge is -2.10. The van der Waals surface area contributed by atoms with Crippen molar-refractivity contribution in [3.8, 4) is 5.75 Å². The lowest BCUT2D eigenvalue weighted by Crippen LogP contribution is -2.15. The van der Waals surface area contributed by atoms with E-state index in [2.05, 4.69) is 15.3 Å². The van der Waals surface area contributed by atoms with Crippen LogP contribution in [-0.2, 0) is 0 Å². The maximum atomic E-state index is 9.39. The molecule has 0 aliphatic carbocycles. The minimum absolute atomic E-state index is 0.0178. The molecule has 1 unspecified atom stereocenters. The number of halogens is 1. The van der Waals surface area contributed by atoms with Gasteiger partial charge >= 0.3 is 0 Å². The summed E-state index contributed by atoms with van der Waals surface area (Å²) in [6, 6.07) is 4.87. The number of phenolic OH excluding ortho intramolecular Hbond substituents is 1. The summed E-state index contributed by atoms with van der Waals surface area (Å²) in [7, 11) is 1.83. The molecule has 1 aromatic heterocycles. The fourth-order valence-corrected chi connectivity index (χ4v) is 1.67. The summed E-state index contributed by atoms with van der Waals surface area (Å²) in [6.07, 6.45) is 0. The molecule has 5 heteroatoms. The molecular formula is C11H12ClN3O. The Morgan fingerprint density at radius 1 is 1.38 bits per heavy atom. The van der Waals surface area contributed by atoms with E-state index in [1.165, 1.54) is 0 Å². The summed E-state index contributed by atoms with van der Waals surface area (Å²) in [5.41, 5.74) is 0.650. The van der Waals surface area contributed by atoms with E-state index in [9.17, 15) is 5.11 Å². The number of hydrogen-bond acceptors (Lipinski definition) is 4. The van der Waals surface area contributed by atoms with Gasteiger partial charge in [-0.05, 0) is 26.1 Å². The Hall–Kier alpha value is -1.39. The van der Waals surface area contributed by atoms with E-state index in [-0.39, 0.29) is 11.8 Å². The monoisotopic (exact) mass is 237 g/mol. The second-order valence-corrected chi connectivity index (χ2v) is 3.94. The zero-order valence-electron chi connectivity index (χ0n) is 9.03. The van der Waals surface area contributed by atoms with E-state index in [0.717, 1.165) is 5.39 Å². The van der Waals surface area contributed by atoms with Gasteiger partial charge in [0, 0.05) is 11.5 Å². The van der Waals surface area contributed by atoms with Crippen LogP contribution in [0.2, 0.25) is 5.15 Å². The molecule has 0 bridgehead atoms. The molecule has 0 radical (unpaired) electrons. The van der Waals surface area contributed by atoms with Gasteiger partial charge in [0.15, 0.2) is 0 Å². The van der Waals surface area contributed by atoms with Gasteiger partial charge in [0.2, 0.25) is 0 Å². The van der Waals surface area contributed by atoms with Crippen LogP contribution in [0.3, 0.4) is 0 Å². The second kappa shape index (κ2) is 4.23. The van der Waals surface area contributed by atoms with Crippen molar-refractivity contribution in [2.45, 2.75) is 13.0 Å². The number of nitrogens with one attached hydrogen (secondary N) is 1. The van der Waals surface area contributed by atoms with Gasteiger partial charge in [0.1, 0.15) is 16.7 Å². The summed E-state index contributed by atoms with van der Waals surface area (Å²) in [5.74, 6) is 0.788. The van der Waals surface area contributed by atoms with Crippen LogP contribution < -0.4 is 5.32 Å². The molecular weight excluding hydrogens is 226 g/mol. The molecule has 1 atom stereocenters. The van der Waals surface area contributed by atoms with Gasteiger partial charge in [-0.3, -0.25) is 0 Å². The predicted molar refractivity (Wildman–Crippen MR) is 63.7 cm³/mol. The molecule has 0 saturated heterocycles. The summed E-state index contributed by atoms with van der Waals surface area (Å²) in [4.78, 5) is 8.56. The number of aromatic nitrogens is 2. The van der Waals surface area contributed by atoms with E-state index >= 15 is 0 Å². The lowest BCUT2D eigenvalue weighted by molar-refractivity contribution is 0.476. The second-order valence-electron chi connectivity index (χ2n) is 3.58. The van der Waals surface area contributed by atoms with E-state index in [4.69, 9.17) is 11.6 Å². The van der Waals surface area contributed by atoms with E-state index < -0.39 is 0 Å². The molecule has 2 rings (SSSR count). The van der Waals surface area contributed by atoms with Crippen LogP contribution in [0.5, 0.6) is 5.75 Å². The van der Waals surface area contributed by atoms with Gasteiger partial charge in [-0.15, -0.1) is 0 Å². The van der Waals surface area contributed by atoms with Crippen molar-refractivity contribution >= 4 is 22.5 Å². The molecule has 0 saturated carbocycles. The first kappa shape index (κ1) is 11.1. The third kappa shape index (κ3) is 1.94. The average Bonchev–Trinajstić information content (AvgIpc) is 2.27. The number of hydrogen-bond donors (Lipinski definition) is 2. The first-order valence-electron chi connectivity index (χ1n) is 4.95. The van der Waals surface area contributed by atoms with E-state index in [1.807, 2.05) is 14.0 Å². The Morgan fingerprint density at radius 2 is 2.12 bits per heavy atom. The van der Waals surface area contributed by atoms with Gasteiger partial charge in [0.25, 0.3) is 0 Å². The van der Waals surface area contributed by atoms with Crippen molar-refractivity contribution in [1.29, 1.82) is 0 Å². The normalized spacial score (nSPS) is 12.9. The minimum Gasteiger partial charge on any atom is -0.508 e. The van der Waals surface area contributed by atoms with Crippen molar-refractivity contribution in [3.63, 3.8) is 0 Å². The summed E-state index contributed by atoms with van der Waals surface area (Å²) in [5, 5.41) is 13.6. The van der Waals surface area contributed by atoms with Crippen LogP contribution >= 0.6 is 11.6 Å². The number of rotatable bonds is 2. The number of fused-ring (bicyclic) bond motifs is 1. The van der Waals surface area contributed by atoms with Crippen molar-refractivity contribution < 1.29 is 5.11 Å². The lowest BCUT2D eigenvalue weighted by atomic mass is 10.2. The highest BCUT2D eigenvalue weighted by atomic mass is 35.5. The van der Waals surface area contributed by atoms with Gasteiger partial charge in [-0.1, -0.05) is 11.6 Å². The molecule has 1 heterocycles. The fourth-order valence-electron chi connectivity index (χ4n) is 1.42. The first-order chi connectivity index (χ1) is 7.61. The van der Waals surface area contributed by atoms with Crippen LogP contribution in [0, 0.1) is 0 Å². The standard InChI is InChI=1S/C11H12ClN3O/c1-6(13-2)11-14-9-5-7(16)3-4-8(9)10(12)15-11/h3-6,13,16H,1-2H3. The molecule has 0 amide bonds. The maximum Gasteiger partial charge on any atom is 0.147 e. The third-order valence-electron chi connectivity index (χ3n) is 2.47. The molecule has 1 aromatic carbocycles. The Balaban J connectivity index is 2.65. The molecule has 84 valence electrons. The molecule has 4 nitrogen and oxygen atoms in total. The number of benzene rings is 1. The molecule has 2 aromatic rings. The number of aromatic hydroxyl groups is 1. The third-order valence-corrected chi connectivity index (χ3v) is 2.76. The van der Waals surface area contributed by atoms with Crippen LogP contribution in [0.15, 0.2) is 18.2 Å². The average molecular weight is 238 g/mol. The highest BCUT2D eigenvalue weighted by Crippen LogP contribution is 2.25. The van der Waals surface area contributed by atoms with Gasteiger partial charge in [-0.25, -0.2) is 9.97 Å². The maximum absolute atomic E-state index is 9.39. The molecule has 0 spiro atoms. The van der Waals surface area contributed by atoms with Crippen LogP contribution in [0.4, 0.5) is 0 Å². The molecule has 2 N–H and O–H groups in total. The van der Waals surface area contributed by atoms with Crippen LogP contribution in [0.1, 0.15) is 18.8 Å². The highest BCUT2D eigenvalue weighted by Gasteiger charge is 2.10. The van der Waals surface area contributed by atoms with E-state index in [0.29, 0.717) is 16.5 Å². The van der Waals surface area contributed by atoms with Crippen LogP contribution in [-0.4, -0.2) is 22.1 Å².